The van der Waals surface area contributed by atoms with Gasteiger partial charge >= 0.3 is 0 Å². The van der Waals surface area contributed by atoms with E-state index in [-0.39, 0.29) is 11.9 Å². The zero-order valence-electron chi connectivity index (χ0n) is 10.5. The van der Waals surface area contributed by atoms with Gasteiger partial charge in [0.15, 0.2) is 0 Å². The van der Waals surface area contributed by atoms with Gasteiger partial charge in [0.05, 0.1) is 24.4 Å². The van der Waals surface area contributed by atoms with Gasteiger partial charge < -0.3 is 9.64 Å². The highest BCUT2D eigenvalue weighted by Gasteiger charge is 2.33. The molecule has 2 aromatic heterocycles. The minimum Gasteiger partial charge on any atom is -0.378 e. The van der Waals surface area contributed by atoms with Crippen LogP contribution in [0.15, 0.2) is 23.0 Å². The van der Waals surface area contributed by atoms with Crippen LogP contribution in [0.5, 0.6) is 0 Å². The van der Waals surface area contributed by atoms with Gasteiger partial charge in [0, 0.05) is 25.6 Å². The zero-order chi connectivity index (χ0) is 13.2. The molecule has 3 heterocycles. The van der Waals surface area contributed by atoms with E-state index in [1.807, 2.05) is 32.6 Å². The van der Waals surface area contributed by atoms with Crippen molar-refractivity contribution >= 4 is 17.2 Å². The van der Waals surface area contributed by atoms with Crippen LogP contribution in [-0.2, 0) is 11.3 Å². The highest BCUT2D eigenvalue weighted by molar-refractivity contribution is 7.08. The van der Waals surface area contributed by atoms with Crippen LogP contribution in [0.3, 0.4) is 0 Å². The molecule has 0 spiro atoms. The quantitative estimate of drug-likeness (QED) is 0.842. The van der Waals surface area contributed by atoms with Crippen molar-refractivity contribution in [3.05, 3.63) is 34.3 Å². The van der Waals surface area contributed by atoms with Gasteiger partial charge in [0.1, 0.15) is 5.69 Å². The standard InChI is InChI=1S/C12H14N4O2S/c1-18-7-10-4-16(14-13-10)11-5-15(6-11)12(17)9-2-3-19-8-9/h2-4,8,11H,5-7H2,1H3. The molecular formula is C12H14N4O2S. The smallest absolute Gasteiger partial charge is 0.254 e. The molecule has 0 unspecified atom stereocenters. The number of carbonyl (C=O) groups excluding carboxylic acids is 1. The molecule has 0 bridgehead atoms. The zero-order valence-corrected chi connectivity index (χ0v) is 11.3. The minimum atomic E-state index is 0.0923. The lowest BCUT2D eigenvalue weighted by Crippen LogP contribution is -2.50. The number of ether oxygens (including phenoxy) is 1. The van der Waals surface area contributed by atoms with Crippen molar-refractivity contribution in [2.45, 2.75) is 12.6 Å². The van der Waals surface area contributed by atoms with E-state index in [1.165, 1.54) is 11.3 Å². The maximum Gasteiger partial charge on any atom is 0.254 e. The molecule has 0 aromatic carbocycles. The molecule has 19 heavy (non-hydrogen) atoms. The van der Waals surface area contributed by atoms with E-state index in [0.29, 0.717) is 19.7 Å². The van der Waals surface area contributed by atoms with E-state index in [9.17, 15) is 4.79 Å². The lowest BCUT2D eigenvalue weighted by atomic mass is 10.1. The average molecular weight is 278 g/mol. The number of aromatic nitrogens is 3. The van der Waals surface area contributed by atoms with Gasteiger partial charge in [-0.2, -0.15) is 11.3 Å². The summed E-state index contributed by atoms with van der Waals surface area (Å²) in [4.78, 5) is 13.9. The topological polar surface area (TPSA) is 60.2 Å². The number of amides is 1. The number of carbonyl (C=O) groups is 1. The molecule has 6 nitrogen and oxygen atoms in total. The largest absolute Gasteiger partial charge is 0.378 e. The second-order valence-corrected chi connectivity index (χ2v) is 5.28. The van der Waals surface area contributed by atoms with Crippen molar-refractivity contribution in [1.29, 1.82) is 0 Å². The Morgan fingerprint density at radius 1 is 1.58 bits per heavy atom. The van der Waals surface area contributed by atoms with Crippen LogP contribution in [0, 0.1) is 0 Å². The van der Waals surface area contributed by atoms with Gasteiger partial charge in [0.2, 0.25) is 0 Å². The summed E-state index contributed by atoms with van der Waals surface area (Å²) in [5.74, 6) is 0.0923. The van der Waals surface area contributed by atoms with Crippen molar-refractivity contribution in [1.82, 2.24) is 19.9 Å². The third-order valence-electron chi connectivity index (χ3n) is 3.14. The van der Waals surface area contributed by atoms with E-state index in [0.717, 1.165) is 11.3 Å². The highest BCUT2D eigenvalue weighted by atomic mass is 32.1. The van der Waals surface area contributed by atoms with Crippen molar-refractivity contribution in [3.63, 3.8) is 0 Å². The van der Waals surface area contributed by atoms with E-state index in [2.05, 4.69) is 10.3 Å². The number of thiophene rings is 1. The van der Waals surface area contributed by atoms with Crippen molar-refractivity contribution < 1.29 is 9.53 Å². The molecule has 1 aliphatic rings. The molecule has 1 saturated heterocycles. The fourth-order valence-corrected chi connectivity index (χ4v) is 2.69. The monoisotopic (exact) mass is 278 g/mol. The Balaban J connectivity index is 1.58. The van der Waals surface area contributed by atoms with Crippen LogP contribution in [0.4, 0.5) is 0 Å². The summed E-state index contributed by atoms with van der Waals surface area (Å²) in [7, 11) is 1.63. The molecule has 0 atom stereocenters. The predicted octanol–water partition coefficient (Wildman–Crippen LogP) is 1.18. The fraction of sp³-hybridized carbons (Fsp3) is 0.417. The molecule has 1 amide bonds. The minimum absolute atomic E-state index is 0.0923. The van der Waals surface area contributed by atoms with E-state index < -0.39 is 0 Å². The van der Waals surface area contributed by atoms with E-state index in [4.69, 9.17) is 4.74 Å². The molecule has 100 valence electrons. The molecule has 3 rings (SSSR count). The third kappa shape index (κ3) is 2.39. The second kappa shape index (κ2) is 5.10. The summed E-state index contributed by atoms with van der Waals surface area (Å²) in [5, 5.41) is 11.9. The van der Waals surface area contributed by atoms with Crippen LogP contribution in [0.2, 0.25) is 0 Å². The Morgan fingerprint density at radius 3 is 3.11 bits per heavy atom. The Morgan fingerprint density at radius 2 is 2.42 bits per heavy atom. The first-order valence-electron chi connectivity index (χ1n) is 5.99. The number of hydrogen-bond acceptors (Lipinski definition) is 5. The Bertz CT molecular complexity index is 560. The summed E-state index contributed by atoms with van der Waals surface area (Å²) in [6, 6.07) is 2.08. The van der Waals surface area contributed by atoms with E-state index >= 15 is 0 Å². The molecule has 2 aromatic rings. The molecule has 1 fully saturated rings. The van der Waals surface area contributed by atoms with Gasteiger partial charge in [-0.15, -0.1) is 5.10 Å². The van der Waals surface area contributed by atoms with Gasteiger partial charge in [-0.3, -0.25) is 4.79 Å². The summed E-state index contributed by atoms with van der Waals surface area (Å²) in [6.45, 7) is 1.83. The average Bonchev–Trinajstić information content (AvgIpc) is 2.98. The molecule has 7 heteroatoms. The van der Waals surface area contributed by atoms with Crippen LogP contribution in [0.25, 0.3) is 0 Å². The molecule has 0 N–H and O–H groups in total. The van der Waals surface area contributed by atoms with Gasteiger partial charge in [0.25, 0.3) is 5.91 Å². The maximum absolute atomic E-state index is 12.0. The maximum atomic E-state index is 12.0. The lowest BCUT2D eigenvalue weighted by Gasteiger charge is -2.38. The first-order chi connectivity index (χ1) is 9.28. The Labute approximate surface area is 114 Å². The Kier molecular flexibility index (Phi) is 3.31. The van der Waals surface area contributed by atoms with Crippen molar-refractivity contribution in [2.24, 2.45) is 0 Å². The SMILES string of the molecule is COCc1cn(C2CN(C(=O)c3ccsc3)C2)nn1. The van der Waals surface area contributed by atoms with Crippen molar-refractivity contribution in [3.8, 4) is 0 Å². The Hall–Kier alpha value is -1.73. The van der Waals surface area contributed by atoms with Crippen LogP contribution in [-0.4, -0.2) is 46.0 Å². The third-order valence-corrected chi connectivity index (χ3v) is 3.82. The molecule has 0 saturated carbocycles. The molecular weight excluding hydrogens is 264 g/mol. The summed E-state index contributed by atoms with van der Waals surface area (Å²) >= 11 is 1.54. The van der Waals surface area contributed by atoms with Crippen LogP contribution < -0.4 is 0 Å². The number of nitrogens with zero attached hydrogens (tertiary/aromatic N) is 4. The molecule has 1 aliphatic heterocycles. The number of methoxy groups -OCH3 is 1. The fourth-order valence-electron chi connectivity index (χ4n) is 2.06. The first kappa shape index (κ1) is 12.3. The van der Waals surface area contributed by atoms with Gasteiger partial charge in [-0.05, 0) is 11.4 Å². The number of hydrogen-bond donors (Lipinski definition) is 0. The second-order valence-electron chi connectivity index (χ2n) is 4.50. The van der Waals surface area contributed by atoms with Gasteiger partial charge in [-0.25, -0.2) is 4.68 Å². The molecule has 0 aliphatic carbocycles. The predicted molar refractivity (Wildman–Crippen MR) is 70.0 cm³/mol. The normalized spacial score (nSPS) is 15.5. The highest BCUT2D eigenvalue weighted by Crippen LogP contribution is 2.23. The van der Waals surface area contributed by atoms with Gasteiger partial charge in [-0.1, -0.05) is 5.21 Å². The molecule has 0 radical (unpaired) electrons. The first-order valence-corrected chi connectivity index (χ1v) is 6.93. The van der Waals surface area contributed by atoms with Crippen LogP contribution in [0.1, 0.15) is 22.1 Å². The summed E-state index contributed by atoms with van der Waals surface area (Å²) in [5.41, 5.74) is 1.58. The van der Waals surface area contributed by atoms with E-state index in [1.54, 1.807) is 7.11 Å². The number of rotatable bonds is 4. The lowest BCUT2D eigenvalue weighted by molar-refractivity contribution is 0.0499. The van der Waals surface area contributed by atoms with Crippen molar-refractivity contribution in [2.75, 3.05) is 20.2 Å². The number of likely N-dealkylation sites (tertiary alicyclic amines) is 1. The summed E-state index contributed by atoms with van der Waals surface area (Å²) < 4.78 is 6.81. The van der Waals surface area contributed by atoms with Crippen LogP contribution >= 0.6 is 11.3 Å². The summed E-state index contributed by atoms with van der Waals surface area (Å²) in [6.07, 6.45) is 1.88.